The summed E-state index contributed by atoms with van der Waals surface area (Å²) in [6.07, 6.45) is 4.65. The molecule has 0 aliphatic carbocycles. The van der Waals surface area contributed by atoms with Crippen LogP contribution in [0, 0.1) is 0 Å². The van der Waals surface area contributed by atoms with Crippen LogP contribution in [0.4, 0.5) is 5.69 Å². The van der Waals surface area contributed by atoms with Gasteiger partial charge in [0.1, 0.15) is 0 Å². The van der Waals surface area contributed by atoms with Crippen LogP contribution in [0.2, 0.25) is 10.0 Å². The minimum atomic E-state index is 0.860. The number of nitrogens with zero attached hydrogens (tertiary/aromatic N) is 1. The molecule has 0 saturated carbocycles. The summed E-state index contributed by atoms with van der Waals surface area (Å²) < 4.78 is 0. The molecule has 1 N–H and O–H groups in total. The molecule has 1 fully saturated rings. The number of nitrogens with one attached hydrogen (secondary N) is 1. The Morgan fingerprint density at radius 3 is 2.58 bits per heavy atom. The van der Waals surface area contributed by atoms with E-state index in [1.54, 1.807) is 0 Å². The summed E-state index contributed by atoms with van der Waals surface area (Å²) in [7, 11) is 0. The van der Waals surface area contributed by atoms with E-state index in [0.717, 1.165) is 54.8 Å². The first kappa shape index (κ1) is 18.5. The molecule has 0 amide bonds. The lowest BCUT2D eigenvalue weighted by Crippen LogP contribution is -2.18. The van der Waals surface area contributed by atoms with Crippen LogP contribution >= 0.6 is 35.0 Å². The van der Waals surface area contributed by atoms with Crippen molar-refractivity contribution in [3.63, 3.8) is 0 Å². The van der Waals surface area contributed by atoms with Crippen molar-refractivity contribution in [1.29, 1.82) is 0 Å². The molecule has 4 rings (SSSR count). The maximum atomic E-state index is 6.57. The smallest absolute Gasteiger partial charge is 0.0639 e. The van der Waals surface area contributed by atoms with Crippen LogP contribution < -0.4 is 10.2 Å². The lowest BCUT2D eigenvalue weighted by Gasteiger charge is -2.20. The fourth-order valence-corrected chi connectivity index (χ4v) is 5.55. The van der Waals surface area contributed by atoms with E-state index >= 15 is 0 Å². The number of halogens is 2. The molecule has 1 saturated heterocycles. The van der Waals surface area contributed by atoms with Crippen molar-refractivity contribution in [2.75, 3.05) is 31.1 Å². The fraction of sp³-hybridized carbons (Fsp3) is 0.429. The Morgan fingerprint density at radius 2 is 1.73 bits per heavy atom. The van der Waals surface area contributed by atoms with Crippen molar-refractivity contribution >= 4 is 40.7 Å². The third-order valence-electron chi connectivity index (χ3n) is 5.27. The van der Waals surface area contributed by atoms with Crippen molar-refractivity contribution < 1.29 is 0 Å². The molecule has 0 bridgehead atoms. The highest BCUT2D eigenvalue weighted by Gasteiger charge is 2.17. The molecular weight excluding hydrogens is 383 g/mol. The monoisotopic (exact) mass is 406 g/mol. The van der Waals surface area contributed by atoms with E-state index in [1.165, 1.54) is 40.1 Å². The van der Waals surface area contributed by atoms with Crippen molar-refractivity contribution in [3.05, 3.63) is 57.1 Å². The predicted octanol–water partition coefficient (Wildman–Crippen LogP) is 5.57. The van der Waals surface area contributed by atoms with Gasteiger partial charge in [0.2, 0.25) is 0 Å². The van der Waals surface area contributed by atoms with Crippen LogP contribution in [-0.4, -0.2) is 26.2 Å². The van der Waals surface area contributed by atoms with Crippen LogP contribution in [0.25, 0.3) is 0 Å². The highest BCUT2D eigenvalue weighted by molar-refractivity contribution is 7.98. The molecule has 2 heterocycles. The van der Waals surface area contributed by atoms with Crippen LogP contribution in [0.5, 0.6) is 0 Å². The largest absolute Gasteiger partial charge is 0.370 e. The van der Waals surface area contributed by atoms with Gasteiger partial charge in [-0.15, -0.1) is 11.8 Å². The van der Waals surface area contributed by atoms with Crippen molar-refractivity contribution in [3.8, 4) is 0 Å². The van der Waals surface area contributed by atoms with Gasteiger partial charge >= 0.3 is 0 Å². The minimum Gasteiger partial charge on any atom is -0.370 e. The van der Waals surface area contributed by atoms with Crippen LogP contribution in [0.3, 0.4) is 0 Å². The summed E-state index contributed by atoms with van der Waals surface area (Å²) in [5.74, 6) is 0.918. The first-order valence-electron chi connectivity index (χ1n) is 9.39. The minimum absolute atomic E-state index is 0.860. The average molecular weight is 407 g/mol. The predicted molar refractivity (Wildman–Crippen MR) is 114 cm³/mol. The molecule has 2 nitrogen and oxygen atoms in total. The first-order valence-corrected chi connectivity index (χ1v) is 11.1. The van der Waals surface area contributed by atoms with Gasteiger partial charge in [0.15, 0.2) is 0 Å². The molecular formula is C21H24Cl2N2S. The molecule has 0 radical (unpaired) electrons. The van der Waals surface area contributed by atoms with Gasteiger partial charge in [-0.05, 0) is 73.7 Å². The van der Waals surface area contributed by atoms with E-state index in [-0.39, 0.29) is 0 Å². The first-order chi connectivity index (χ1) is 12.7. The Labute approximate surface area is 170 Å². The maximum Gasteiger partial charge on any atom is 0.0639 e. The second kappa shape index (κ2) is 8.43. The number of hydrogen-bond donors (Lipinski definition) is 1. The van der Waals surface area contributed by atoms with Gasteiger partial charge in [-0.2, -0.15) is 0 Å². The highest BCUT2D eigenvalue weighted by Crippen LogP contribution is 2.37. The zero-order valence-electron chi connectivity index (χ0n) is 14.9. The Kier molecular flexibility index (Phi) is 6.00. The summed E-state index contributed by atoms with van der Waals surface area (Å²) in [4.78, 5) is 3.66. The van der Waals surface area contributed by atoms with E-state index in [1.807, 2.05) is 17.8 Å². The average Bonchev–Trinajstić information content (AvgIpc) is 3.07. The molecule has 2 aliphatic heterocycles. The second-order valence-corrected chi connectivity index (χ2v) is 8.83. The zero-order valence-corrected chi connectivity index (χ0v) is 17.2. The van der Waals surface area contributed by atoms with Gasteiger partial charge in [0.05, 0.1) is 15.7 Å². The number of fused-ring (bicyclic) bond motifs is 1. The SMILES string of the molecule is Clc1ccc(CSc2c(Cl)ccc3c2CCNCC3)cc1N1CCCC1. The molecule has 138 valence electrons. The fourth-order valence-electron chi connectivity index (χ4n) is 3.87. The number of hydrogen-bond acceptors (Lipinski definition) is 3. The number of anilines is 1. The summed E-state index contributed by atoms with van der Waals surface area (Å²) in [6.45, 7) is 4.30. The standard InChI is InChI=1S/C21H24Cl2N2S/c22-18-5-3-15(13-20(18)25-11-1-2-12-25)14-26-21-17-8-10-24-9-7-16(17)4-6-19(21)23/h3-6,13,24H,1-2,7-12,14H2. The van der Waals surface area contributed by atoms with Gasteiger partial charge in [0, 0.05) is 23.7 Å². The lowest BCUT2D eigenvalue weighted by molar-refractivity contribution is 0.709. The van der Waals surface area contributed by atoms with Crippen LogP contribution in [0.1, 0.15) is 29.5 Å². The summed E-state index contributed by atoms with van der Waals surface area (Å²) >= 11 is 14.9. The Balaban J connectivity index is 1.55. The van der Waals surface area contributed by atoms with Crippen molar-refractivity contribution in [1.82, 2.24) is 5.32 Å². The van der Waals surface area contributed by atoms with E-state index in [4.69, 9.17) is 23.2 Å². The quantitative estimate of drug-likeness (QED) is 0.667. The number of thioether (sulfide) groups is 1. The molecule has 0 atom stereocenters. The number of rotatable bonds is 4. The Hall–Kier alpha value is -0.870. The van der Waals surface area contributed by atoms with E-state index in [2.05, 4.69) is 34.5 Å². The van der Waals surface area contributed by atoms with Gasteiger partial charge < -0.3 is 10.2 Å². The molecule has 2 aromatic carbocycles. The summed E-state index contributed by atoms with van der Waals surface area (Å²) in [6, 6.07) is 10.7. The molecule has 26 heavy (non-hydrogen) atoms. The highest BCUT2D eigenvalue weighted by atomic mass is 35.5. The summed E-state index contributed by atoms with van der Waals surface area (Å²) in [5, 5.41) is 5.23. The second-order valence-electron chi connectivity index (χ2n) is 7.03. The third kappa shape index (κ3) is 4.01. The van der Waals surface area contributed by atoms with Gasteiger partial charge in [-0.3, -0.25) is 0 Å². The van der Waals surface area contributed by atoms with Crippen molar-refractivity contribution in [2.24, 2.45) is 0 Å². The topological polar surface area (TPSA) is 15.3 Å². The molecule has 0 aromatic heterocycles. The van der Waals surface area contributed by atoms with Crippen molar-refractivity contribution in [2.45, 2.75) is 36.3 Å². The normalized spacial score (nSPS) is 17.2. The number of benzene rings is 2. The molecule has 0 spiro atoms. The Morgan fingerprint density at radius 1 is 0.962 bits per heavy atom. The molecule has 5 heteroatoms. The molecule has 2 aliphatic rings. The summed E-state index contributed by atoms with van der Waals surface area (Å²) in [5.41, 5.74) is 5.36. The van der Waals surface area contributed by atoms with Gasteiger partial charge in [-0.25, -0.2) is 0 Å². The van der Waals surface area contributed by atoms with E-state index < -0.39 is 0 Å². The van der Waals surface area contributed by atoms with Crippen LogP contribution in [-0.2, 0) is 18.6 Å². The van der Waals surface area contributed by atoms with E-state index in [0.29, 0.717) is 0 Å². The van der Waals surface area contributed by atoms with E-state index in [9.17, 15) is 0 Å². The molecule has 0 unspecified atom stereocenters. The third-order valence-corrected chi connectivity index (χ3v) is 7.25. The Bertz CT molecular complexity index is 788. The van der Waals surface area contributed by atoms with Gasteiger partial charge in [0.25, 0.3) is 0 Å². The van der Waals surface area contributed by atoms with Crippen LogP contribution in [0.15, 0.2) is 35.2 Å². The van der Waals surface area contributed by atoms with Gasteiger partial charge in [-0.1, -0.05) is 35.3 Å². The lowest BCUT2D eigenvalue weighted by atomic mass is 10.0. The zero-order chi connectivity index (χ0) is 17.9. The maximum absolute atomic E-state index is 6.57. The molecule has 2 aromatic rings.